The number of aromatic nitrogens is 3. The van der Waals surface area contributed by atoms with E-state index in [4.69, 9.17) is 16.0 Å². The molecule has 1 amide bonds. The van der Waals surface area contributed by atoms with E-state index in [-0.39, 0.29) is 17.9 Å². The van der Waals surface area contributed by atoms with Gasteiger partial charge in [0.2, 0.25) is 11.1 Å². The van der Waals surface area contributed by atoms with E-state index in [9.17, 15) is 9.59 Å². The summed E-state index contributed by atoms with van der Waals surface area (Å²) in [5.41, 5.74) is 2.23. The average molecular weight is 480 g/mol. The summed E-state index contributed by atoms with van der Waals surface area (Å²) in [6.07, 6.45) is 1.36. The second-order valence-corrected chi connectivity index (χ2v) is 8.70. The Kier molecular flexibility index (Phi) is 5.55. The Bertz CT molecular complexity index is 1410. The maximum absolute atomic E-state index is 13.2. The number of H-pyrrole nitrogens is 1. The first-order valence-electron chi connectivity index (χ1n) is 10.4. The molecule has 5 rings (SSSR count). The number of nitrogens with one attached hydrogen (secondary N) is 1. The van der Waals surface area contributed by atoms with Gasteiger partial charge in [-0.15, -0.1) is 0 Å². The molecule has 1 N–H and O–H groups in total. The molecule has 0 radical (unpaired) electrons. The van der Waals surface area contributed by atoms with Crippen molar-refractivity contribution >= 4 is 35.0 Å². The van der Waals surface area contributed by atoms with Crippen LogP contribution in [-0.4, -0.2) is 22.2 Å². The van der Waals surface area contributed by atoms with E-state index in [2.05, 4.69) is 10.1 Å². The van der Waals surface area contributed by atoms with E-state index >= 15 is 0 Å². The van der Waals surface area contributed by atoms with Crippen LogP contribution in [0.25, 0.3) is 22.6 Å². The van der Waals surface area contributed by atoms with Crippen LogP contribution in [0.15, 0.2) is 75.0 Å². The molecule has 7 nitrogen and oxygen atoms in total. The minimum absolute atomic E-state index is 0.108. The number of amides is 1. The highest BCUT2D eigenvalue weighted by Crippen LogP contribution is 2.38. The van der Waals surface area contributed by atoms with Gasteiger partial charge in [-0.05, 0) is 59.5 Å². The lowest BCUT2D eigenvalue weighted by atomic mass is 10.0. The molecule has 9 heteroatoms. The number of rotatable bonds is 4. The Morgan fingerprint density at radius 2 is 1.94 bits per heavy atom. The van der Waals surface area contributed by atoms with Crippen LogP contribution in [-0.2, 0) is 4.79 Å². The third-order valence-corrected chi connectivity index (χ3v) is 6.36. The van der Waals surface area contributed by atoms with Crippen molar-refractivity contribution in [2.24, 2.45) is 0 Å². The zero-order chi connectivity index (χ0) is 23.1. The van der Waals surface area contributed by atoms with Crippen molar-refractivity contribution in [1.82, 2.24) is 10.1 Å². The predicted molar refractivity (Wildman–Crippen MR) is 127 cm³/mol. The van der Waals surface area contributed by atoms with E-state index in [1.807, 2.05) is 61.7 Å². The van der Waals surface area contributed by atoms with Crippen LogP contribution >= 0.6 is 23.4 Å². The van der Waals surface area contributed by atoms with Gasteiger partial charge in [-0.2, -0.15) is 0 Å². The molecule has 0 saturated heterocycles. The highest BCUT2D eigenvalue weighted by molar-refractivity contribution is 7.98. The number of aromatic amines is 1. The van der Waals surface area contributed by atoms with E-state index < -0.39 is 6.17 Å². The molecule has 1 aliphatic heterocycles. The molecule has 33 heavy (non-hydrogen) atoms. The van der Waals surface area contributed by atoms with Gasteiger partial charge in [-0.1, -0.05) is 42.4 Å². The lowest BCUT2D eigenvalue weighted by Crippen LogP contribution is -2.60. The first-order valence-corrected chi connectivity index (χ1v) is 12.0. The van der Waals surface area contributed by atoms with Crippen LogP contribution in [0.5, 0.6) is 0 Å². The van der Waals surface area contributed by atoms with Crippen LogP contribution in [0.4, 0.5) is 5.69 Å². The summed E-state index contributed by atoms with van der Waals surface area (Å²) < 4.78 is 7.83. The summed E-state index contributed by atoms with van der Waals surface area (Å²) in [4.78, 5) is 30.8. The van der Waals surface area contributed by atoms with Crippen molar-refractivity contribution in [2.75, 3.05) is 11.2 Å². The van der Waals surface area contributed by atoms with E-state index in [0.717, 1.165) is 5.56 Å². The number of hydrogen-bond donors (Lipinski definition) is 1. The molecule has 2 aromatic carbocycles. The number of benzene rings is 2. The predicted octanol–water partition coefficient (Wildman–Crippen LogP) is 4.66. The molecule has 0 fully saturated rings. The lowest BCUT2D eigenvalue weighted by molar-refractivity contribution is -0.764. The molecular formula is C24H20ClN4O3S+. The summed E-state index contributed by atoms with van der Waals surface area (Å²) in [6, 6.07) is 18.3. The highest BCUT2D eigenvalue weighted by Gasteiger charge is 2.47. The van der Waals surface area contributed by atoms with Gasteiger partial charge in [-0.3, -0.25) is 14.6 Å². The zero-order valence-electron chi connectivity index (χ0n) is 17.9. The first kappa shape index (κ1) is 21.5. The van der Waals surface area contributed by atoms with Crippen LogP contribution in [0.1, 0.15) is 25.3 Å². The smallest absolute Gasteiger partial charge is 0.325 e. The number of fused-ring (bicyclic) bond motifs is 3. The molecular weight excluding hydrogens is 460 g/mol. The number of para-hydroxylation sites is 1. The van der Waals surface area contributed by atoms with Gasteiger partial charge in [-0.25, -0.2) is 4.90 Å². The molecule has 2 aromatic heterocycles. The zero-order valence-corrected chi connectivity index (χ0v) is 19.5. The van der Waals surface area contributed by atoms with Crippen LogP contribution in [0.2, 0.25) is 5.02 Å². The number of anilines is 1. The van der Waals surface area contributed by atoms with Gasteiger partial charge in [0.25, 0.3) is 0 Å². The van der Waals surface area contributed by atoms with Crippen molar-refractivity contribution in [3.8, 4) is 22.6 Å². The average Bonchev–Trinajstić information content (AvgIpc) is 3.32. The molecule has 166 valence electrons. The number of carbonyl (C=O) groups excluding carboxylic acids is 1. The highest BCUT2D eigenvalue weighted by atomic mass is 35.5. The monoisotopic (exact) mass is 479 g/mol. The van der Waals surface area contributed by atoms with Gasteiger partial charge < -0.3 is 4.42 Å². The third-order valence-electron chi connectivity index (χ3n) is 5.53. The fourth-order valence-corrected chi connectivity index (χ4v) is 4.51. The summed E-state index contributed by atoms with van der Waals surface area (Å²) in [6.45, 7) is 1.81. The number of furan rings is 1. The Balaban J connectivity index is 1.75. The van der Waals surface area contributed by atoms with E-state index in [1.54, 1.807) is 21.7 Å². The van der Waals surface area contributed by atoms with Crippen molar-refractivity contribution < 1.29 is 13.9 Å². The number of carbonyl (C=O) groups is 1. The van der Waals surface area contributed by atoms with E-state index in [0.29, 0.717) is 38.6 Å². The minimum atomic E-state index is -0.753. The molecule has 4 aromatic rings. The molecule has 0 spiro atoms. The molecule has 0 aliphatic carbocycles. The standard InChI is InChI=1S/C24H19ClN4O3S/c1-3-20(30)28-17-7-5-4-6-16(17)21-22(31)26-24(33-2)27-29(21)23(28)19-13-12-18(32-19)14-8-10-15(25)11-9-14/h4-13,23H,3H2,1-2H3/p+1/t23-/m0/s1. The fraction of sp³-hybridized carbons (Fsp3) is 0.167. The van der Waals surface area contributed by atoms with Gasteiger partial charge in [0.15, 0.2) is 5.76 Å². The number of thioether (sulfide) groups is 1. The Morgan fingerprint density at radius 1 is 1.18 bits per heavy atom. The van der Waals surface area contributed by atoms with Gasteiger partial charge in [0.05, 0.1) is 11.3 Å². The molecule has 3 heterocycles. The number of nitrogens with zero attached hydrogens (tertiary/aromatic N) is 3. The Morgan fingerprint density at radius 3 is 2.67 bits per heavy atom. The Hall–Kier alpha value is -3.36. The third kappa shape index (κ3) is 3.65. The van der Waals surface area contributed by atoms with Gasteiger partial charge in [0, 0.05) is 22.1 Å². The molecule has 0 unspecified atom stereocenters. The van der Waals surface area contributed by atoms with Gasteiger partial charge in [0.1, 0.15) is 5.76 Å². The number of halogens is 1. The summed E-state index contributed by atoms with van der Waals surface area (Å²) >= 11 is 7.34. The van der Waals surface area contributed by atoms with Crippen LogP contribution in [0, 0.1) is 0 Å². The van der Waals surface area contributed by atoms with Gasteiger partial charge >= 0.3 is 17.4 Å². The van der Waals surface area contributed by atoms with Crippen molar-refractivity contribution in [3.05, 3.63) is 81.8 Å². The summed E-state index contributed by atoms with van der Waals surface area (Å²) in [7, 11) is 0. The maximum Gasteiger partial charge on any atom is 0.325 e. The minimum Gasteiger partial charge on any atom is -0.452 e. The molecule has 0 saturated carbocycles. The lowest BCUT2D eigenvalue weighted by Gasteiger charge is -2.30. The van der Waals surface area contributed by atoms with E-state index in [1.165, 1.54) is 11.8 Å². The maximum atomic E-state index is 13.2. The first-order chi connectivity index (χ1) is 16.0. The van der Waals surface area contributed by atoms with Crippen molar-refractivity contribution in [3.63, 3.8) is 0 Å². The SMILES string of the molecule is CCC(=O)N1c2ccccc2-c2c(=O)[nH]c(SC)n[n+]2[C@H]1c1ccc(-c2ccc(Cl)cc2)o1. The molecule has 0 bridgehead atoms. The largest absolute Gasteiger partial charge is 0.452 e. The van der Waals surface area contributed by atoms with Crippen LogP contribution in [0.3, 0.4) is 0 Å². The number of hydrogen-bond acceptors (Lipinski definition) is 5. The second kappa shape index (κ2) is 8.53. The topological polar surface area (TPSA) is 83.1 Å². The van der Waals surface area contributed by atoms with Crippen molar-refractivity contribution in [2.45, 2.75) is 24.7 Å². The normalized spacial score (nSPS) is 14.6. The molecule has 1 aliphatic rings. The second-order valence-electron chi connectivity index (χ2n) is 7.47. The fourth-order valence-electron chi connectivity index (χ4n) is 4.02. The summed E-state index contributed by atoms with van der Waals surface area (Å²) in [5, 5.41) is 5.74. The summed E-state index contributed by atoms with van der Waals surface area (Å²) in [5.74, 6) is 1.01. The quantitative estimate of drug-likeness (QED) is 0.340. The van der Waals surface area contributed by atoms with Crippen LogP contribution < -0.4 is 15.1 Å². The Labute approximate surface area is 199 Å². The molecule has 1 atom stereocenters. The van der Waals surface area contributed by atoms with Crippen molar-refractivity contribution in [1.29, 1.82) is 0 Å².